The fourth-order valence-electron chi connectivity index (χ4n) is 2.11. The molecule has 102 valence electrons. The molecule has 0 aromatic rings. The largest absolute Gasteiger partial charge is 0.382 e. The van der Waals surface area contributed by atoms with Crippen molar-refractivity contribution in [2.75, 3.05) is 0 Å². The molecular weight excluding hydrogens is 224 g/mol. The van der Waals surface area contributed by atoms with Crippen molar-refractivity contribution in [2.24, 2.45) is 0 Å². The summed E-state index contributed by atoms with van der Waals surface area (Å²) in [6, 6.07) is 0. The lowest BCUT2D eigenvalue weighted by molar-refractivity contribution is -0.136. The molecule has 0 aromatic heterocycles. The molecule has 1 fully saturated rings. The Bertz CT molecular complexity index is 318. The summed E-state index contributed by atoms with van der Waals surface area (Å²) in [5.74, 6) is -0.146. The fourth-order valence-corrected chi connectivity index (χ4v) is 2.11. The van der Waals surface area contributed by atoms with Gasteiger partial charge in [-0.1, -0.05) is 64.0 Å². The molecule has 0 bridgehead atoms. The van der Waals surface area contributed by atoms with Crippen LogP contribution in [0.25, 0.3) is 0 Å². The number of hydrogen-bond donors (Lipinski definition) is 1. The van der Waals surface area contributed by atoms with Gasteiger partial charge in [0.1, 0.15) is 5.60 Å². The summed E-state index contributed by atoms with van der Waals surface area (Å²) in [6.45, 7) is 9.38. The summed E-state index contributed by atoms with van der Waals surface area (Å²) >= 11 is 0. The predicted molar refractivity (Wildman–Crippen MR) is 77.5 cm³/mol. The first-order chi connectivity index (χ1) is 8.64. The molecule has 0 amide bonds. The van der Waals surface area contributed by atoms with Crippen LogP contribution in [0.1, 0.15) is 52.9 Å². The van der Waals surface area contributed by atoms with E-state index in [1.807, 2.05) is 20.8 Å². The maximum absolute atomic E-state index is 12.2. The third-order valence-electron chi connectivity index (χ3n) is 3.09. The molecular formula is C16H26O2. The highest BCUT2D eigenvalue weighted by molar-refractivity contribution is 6.03. The topological polar surface area (TPSA) is 37.3 Å². The van der Waals surface area contributed by atoms with Crippen LogP contribution in [0.4, 0.5) is 0 Å². The van der Waals surface area contributed by atoms with E-state index in [2.05, 4.69) is 6.58 Å². The minimum absolute atomic E-state index is 0.146. The van der Waals surface area contributed by atoms with Gasteiger partial charge in [-0.3, -0.25) is 4.79 Å². The van der Waals surface area contributed by atoms with Gasteiger partial charge in [0.15, 0.2) is 5.78 Å². The lowest BCUT2D eigenvalue weighted by atomic mass is 9.79. The van der Waals surface area contributed by atoms with E-state index in [9.17, 15) is 9.90 Å². The Labute approximate surface area is 111 Å². The molecule has 0 saturated heterocycles. The number of hydrogen-bond acceptors (Lipinski definition) is 2. The Morgan fingerprint density at radius 1 is 1.22 bits per heavy atom. The van der Waals surface area contributed by atoms with E-state index in [0.717, 1.165) is 19.3 Å². The average molecular weight is 250 g/mol. The van der Waals surface area contributed by atoms with Gasteiger partial charge >= 0.3 is 0 Å². The van der Waals surface area contributed by atoms with Crippen molar-refractivity contribution in [3.8, 4) is 0 Å². The van der Waals surface area contributed by atoms with Crippen LogP contribution in [0.5, 0.6) is 0 Å². The summed E-state index contributed by atoms with van der Waals surface area (Å²) in [6.07, 6.45) is 11.0. The van der Waals surface area contributed by atoms with Crippen molar-refractivity contribution >= 4 is 5.78 Å². The van der Waals surface area contributed by atoms with Crippen LogP contribution in [-0.2, 0) is 4.79 Å². The molecule has 1 saturated carbocycles. The van der Waals surface area contributed by atoms with E-state index in [1.54, 1.807) is 24.3 Å². The van der Waals surface area contributed by atoms with Gasteiger partial charge in [-0.2, -0.15) is 0 Å². The minimum atomic E-state index is -1.13. The quantitative estimate of drug-likeness (QED) is 0.605. The van der Waals surface area contributed by atoms with Crippen molar-refractivity contribution < 1.29 is 9.90 Å². The molecule has 0 radical (unpaired) electrons. The van der Waals surface area contributed by atoms with Crippen molar-refractivity contribution in [3.05, 3.63) is 36.5 Å². The van der Waals surface area contributed by atoms with Gasteiger partial charge in [0.25, 0.3) is 0 Å². The maximum Gasteiger partial charge on any atom is 0.193 e. The smallest absolute Gasteiger partial charge is 0.193 e. The summed E-state index contributed by atoms with van der Waals surface area (Å²) in [7, 11) is 0. The van der Waals surface area contributed by atoms with Crippen LogP contribution in [-0.4, -0.2) is 16.5 Å². The second kappa shape index (κ2) is 8.87. The Balaban J connectivity index is 0.00000137. The van der Waals surface area contributed by atoms with Gasteiger partial charge in [0.2, 0.25) is 0 Å². The first-order valence-corrected chi connectivity index (χ1v) is 6.86. The molecule has 0 aromatic carbocycles. The SMILES string of the molecule is C=C/C=C\C(=C/C)C(=O)C1(O)CCCCC1.CC. The first-order valence-electron chi connectivity index (χ1n) is 6.86. The molecule has 1 aliphatic carbocycles. The van der Waals surface area contributed by atoms with Crippen molar-refractivity contribution in [3.63, 3.8) is 0 Å². The van der Waals surface area contributed by atoms with Crippen LogP contribution >= 0.6 is 0 Å². The number of Topliss-reactive ketones (excluding diaryl/α,β-unsaturated/α-hetero) is 1. The Morgan fingerprint density at radius 3 is 2.22 bits per heavy atom. The monoisotopic (exact) mass is 250 g/mol. The summed E-state index contributed by atoms with van der Waals surface area (Å²) < 4.78 is 0. The average Bonchev–Trinajstić information content (AvgIpc) is 2.42. The van der Waals surface area contributed by atoms with Gasteiger partial charge in [-0.25, -0.2) is 0 Å². The second-order valence-electron chi connectivity index (χ2n) is 4.26. The van der Waals surface area contributed by atoms with Crippen molar-refractivity contribution in [2.45, 2.75) is 58.5 Å². The number of carbonyl (C=O) groups excluding carboxylic acids is 1. The molecule has 2 heteroatoms. The van der Waals surface area contributed by atoms with E-state index in [4.69, 9.17) is 0 Å². The first kappa shape index (κ1) is 16.9. The Kier molecular flexibility index (Phi) is 8.30. The van der Waals surface area contributed by atoms with Crippen LogP contribution in [0.15, 0.2) is 36.5 Å². The maximum atomic E-state index is 12.2. The minimum Gasteiger partial charge on any atom is -0.382 e. The normalized spacial score (nSPS) is 19.0. The van der Waals surface area contributed by atoms with Gasteiger partial charge in [0.05, 0.1) is 0 Å². The zero-order valence-electron chi connectivity index (χ0n) is 11.9. The fraction of sp³-hybridized carbons (Fsp3) is 0.562. The van der Waals surface area contributed by atoms with Crippen molar-refractivity contribution in [1.82, 2.24) is 0 Å². The van der Waals surface area contributed by atoms with Crippen LogP contribution in [0, 0.1) is 0 Å². The molecule has 18 heavy (non-hydrogen) atoms. The lowest BCUT2D eigenvalue weighted by Crippen LogP contribution is -2.41. The molecule has 0 unspecified atom stereocenters. The van der Waals surface area contributed by atoms with Crippen LogP contribution < -0.4 is 0 Å². The number of carbonyl (C=O) groups is 1. The predicted octanol–water partition coefficient (Wildman–Crippen LogP) is 3.97. The number of aliphatic hydroxyl groups is 1. The summed E-state index contributed by atoms with van der Waals surface area (Å²) in [5.41, 5.74) is -0.560. The number of allylic oxidation sites excluding steroid dienone is 4. The summed E-state index contributed by atoms with van der Waals surface area (Å²) in [4.78, 5) is 12.2. The zero-order valence-corrected chi connectivity index (χ0v) is 11.9. The van der Waals surface area contributed by atoms with E-state index < -0.39 is 5.60 Å². The van der Waals surface area contributed by atoms with Crippen LogP contribution in [0.3, 0.4) is 0 Å². The standard InChI is InChI=1S/C14H20O2.C2H6/c1-3-5-9-12(4-2)13(15)14(16)10-7-6-8-11-14;1-2/h3-5,9,16H,1,6-8,10-11H2,2H3;1-2H3/b9-5-,12-4+;. The number of ketones is 1. The Morgan fingerprint density at radius 2 is 1.78 bits per heavy atom. The lowest BCUT2D eigenvalue weighted by Gasteiger charge is -2.30. The van der Waals surface area contributed by atoms with Gasteiger partial charge < -0.3 is 5.11 Å². The molecule has 1 aliphatic rings. The molecule has 0 spiro atoms. The third-order valence-corrected chi connectivity index (χ3v) is 3.09. The highest BCUT2D eigenvalue weighted by atomic mass is 16.3. The molecule has 0 atom stereocenters. The highest BCUT2D eigenvalue weighted by Gasteiger charge is 2.37. The highest BCUT2D eigenvalue weighted by Crippen LogP contribution is 2.31. The molecule has 0 heterocycles. The van der Waals surface area contributed by atoms with Gasteiger partial charge in [-0.05, 0) is 19.8 Å². The van der Waals surface area contributed by atoms with E-state index >= 15 is 0 Å². The van der Waals surface area contributed by atoms with Crippen molar-refractivity contribution in [1.29, 1.82) is 0 Å². The van der Waals surface area contributed by atoms with Gasteiger partial charge in [-0.15, -0.1) is 0 Å². The number of rotatable bonds is 4. The summed E-state index contributed by atoms with van der Waals surface area (Å²) in [5, 5.41) is 10.3. The molecule has 1 N–H and O–H groups in total. The molecule has 1 rings (SSSR count). The Hall–Kier alpha value is -1.15. The molecule has 2 nitrogen and oxygen atoms in total. The van der Waals surface area contributed by atoms with E-state index in [-0.39, 0.29) is 5.78 Å². The second-order valence-corrected chi connectivity index (χ2v) is 4.26. The zero-order chi connectivity index (χ0) is 14.0. The van der Waals surface area contributed by atoms with E-state index in [1.165, 1.54) is 0 Å². The van der Waals surface area contributed by atoms with E-state index in [0.29, 0.717) is 18.4 Å². The third kappa shape index (κ3) is 4.61. The van der Waals surface area contributed by atoms with Crippen LogP contribution in [0.2, 0.25) is 0 Å². The molecule has 0 aliphatic heterocycles. The van der Waals surface area contributed by atoms with Gasteiger partial charge in [0, 0.05) is 5.57 Å².